The van der Waals surface area contributed by atoms with Crippen molar-refractivity contribution in [3.63, 3.8) is 0 Å². The first-order chi connectivity index (χ1) is 17.5. The number of nitrogens with one attached hydrogen (secondary N) is 1. The number of hydrogen-bond donors (Lipinski definition) is 1. The Morgan fingerprint density at radius 3 is 2.28 bits per heavy atom. The number of methoxy groups -OCH3 is 2. The van der Waals surface area contributed by atoms with Gasteiger partial charge in [-0.3, -0.25) is 19.6 Å². The van der Waals surface area contributed by atoms with Gasteiger partial charge in [-0.15, -0.1) is 0 Å². The van der Waals surface area contributed by atoms with Crippen LogP contribution in [0, 0.1) is 10.1 Å². The Hall–Kier alpha value is -4.66. The van der Waals surface area contributed by atoms with Crippen molar-refractivity contribution in [2.75, 3.05) is 20.8 Å². The van der Waals surface area contributed by atoms with Crippen molar-refractivity contribution in [2.45, 2.75) is 13.0 Å². The molecule has 1 amide bonds. The molecule has 0 atom stereocenters. The summed E-state index contributed by atoms with van der Waals surface area (Å²) in [6.07, 6.45) is 1.96. The Labute approximate surface area is 208 Å². The van der Waals surface area contributed by atoms with Gasteiger partial charge in [0.25, 0.3) is 11.6 Å². The highest BCUT2D eigenvalue weighted by Gasteiger charge is 2.21. The first kappa shape index (κ1) is 24.5. The van der Waals surface area contributed by atoms with Crippen LogP contribution in [-0.2, 0) is 13.0 Å². The summed E-state index contributed by atoms with van der Waals surface area (Å²) in [5, 5.41) is 19.1. The van der Waals surface area contributed by atoms with Gasteiger partial charge in [0, 0.05) is 23.9 Å². The molecule has 0 aliphatic rings. The second kappa shape index (κ2) is 11.2. The minimum Gasteiger partial charge on any atom is -0.493 e. The molecular formula is C27H26N4O5. The first-order valence-electron chi connectivity index (χ1n) is 11.3. The predicted molar refractivity (Wildman–Crippen MR) is 135 cm³/mol. The number of rotatable bonds is 10. The second-order valence-electron chi connectivity index (χ2n) is 8.04. The van der Waals surface area contributed by atoms with E-state index in [-0.39, 0.29) is 30.3 Å². The molecule has 0 aliphatic carbocycles. The van der Waals surface area contributed by atoms with Gasteiger partial charge in [0.1, 0.15) is 5.69 Å². The number of carbonyl (C=O) groups is 1. The first-order valence-corrected chi connectivity index (χ1v) is 11.3. The van der Waals surface area contributed by atoms with Gasteiger partial charge in [-0.2, -0.15) is 5.10 Å². The molecule has 1 heterocycles. The Balaban J connectivity index is 1.55. The van der Waals surface area contributed by atoms with Crippen molar-refractivity contribution in [1.82, 2.24) is 15.1 Å². The minimum absolute atomic E-state index is 0.0949. The summed E-state index contributed by atoms with van der Waals surface area (Å²) in [7, 11) is 2.89. The number of nitro benzene ring substituents is 1. The van der Waals surface area contributed by atoms with E-state index in [4.69, 9.17) is 9.47 Å². The van der Waals surface area contributed by atoms with E-state index in [0.29, 0.717) is 29.1 Å². The molecule has 0 spiro atoms. The molecule has 0 radical (unpaired) electrons. The number of nitrogens with zero attached hydrogens (tertiary/aromatic N) is 3. The van der Waals surface area contributed by atoms with Crippen LogP contribution in [0.25, 0.3) is 11.3 Å². The summed E-state index contributed by atoms with van der Waals surface area (Å²) in [6.45, 7) is 0.707. The van der Waals surface area contributed by atoms with Gasteiger partial charge in [-0.25, -0.2) is 0 Å². The van der Waals surface area contributed by atoms with Gasteiger partial charge in [-0.05, 0) is 18.1 Å². The zero-order valence-corrected chi connectivity index (χ0v) is 20.0. The Bertz CT molecular complexity index is 1350. The van der Waals surface area contributed by atoms with Crippen LogP contribution in [0.3, 0.4) is 0 Å². The van der Waals surface area contributed by atoms with Gasteiger partial charge >= 0.3 is 0 Å². The third-order valence-electron chi connectivity index (χ3n) is 5.70. The zero-order valence-electron chi connectivity index (χ0n) is 20.0. The molecule has 1 aromatic heterocycles. The van der Waals surface area contributed by atoms with E-state index in [1.807, 2.05) is 60.7 Å². The van der Waals surface area contributed by atoms with Gasteiger partial charge in [-0.1, -0.05) is 60.7 Å². The van der Waals surface area contributed by atoms with Gasteiger partial charge in [0.2, 0.25) is 0 Å². The molecule has 4 aromatic rings. The van der Waals surface area contributed by atoms with Crippen LogP contribution < -0.4 is 14.8 Å². The topological polar surface area (TPSA) is 109 Å². The van der Waals surface area contributed by atoms with E-state index >= 15 is 0 Å². The summed E-state index contributed by atoms with van der Waals surface area (Å²) in [6, 6.07) is 22.2. The highest BCUT2D eigenvalue weighted by Crippen LogP contribution is 2.34. The Kier molecular flexibility index (Phi) is 7.60. The van der Waals surface area contributed by atoms with E-state index in [9.17, 15) is 14.9 Å². The number of nitro groups is 1. The molecule has 36 heavy (non-hydrogen) atoms. The lowest BCUT2D eigenvalue weighted by Crippen LogP contribution is -2.26. The summed E-state index contributed by atoms with van der Waals surface area (Å²) >= 11 is 0. The number of carbonyl (C=O) groups excluding carboxylic acids is 1. The normalized spacial score (nSPS) is 10.6. The maximum absolute atomic E-state index is 13.2. The van der Waals surface area contributed by atoms with Crippen LogP contribution in [-0.4, -0.2) is 41.4 Å². The van der Waals surface area contributed by atoms with Gasteiger partial charge in [0.15, 0.2) is 11.5 Å². The molecule has 9 heteroatoms. The van der Waals surface area contributed by atoms with Crippen molar-refractivity contribution < 1.29 is 19.2 Å². The van der Waals surface area contributed by atoms with E-state index in [0.717, 1.165) is 11.1 Å². The van der Waals surface area contributed by atoms with E-state index in [2.05, 4.69) is 10.4 Å². The third-order valence-corrected chi connectivity index (χ3v) is 5.70. The molecule has 0 saturated carbocycles. The van der Waals surface area contributed by atoms with Crippen molar-refractivity contribution >= 4 is 11.6 Å². The second-order valence-corrected chi connectivity index (χ2v) is 8.04. The molecule has 9 nitrogen and oxygen atoms in total. The molecule has 0 fully saturated rings. The number of benzene rings is 3. The van der Waals surface area contributed by atoms with Crippen molar-refractivity contribution in [1.29, 1.82) is 0 Å². The van der Waals surface area contributed by atoms with Crippen LogP contribution >= 0.6 is 0 Å². The minimum atomic E-state index is -0.472. The maximum Gasteiger partial charge on any atom is 0.276 e. The maximum atomic E-state index is 13.2. The highest BCUT2D eigenvalue weighted by atomic mass is 16.6. The summed E-state index contributed by atoms with van der Waals surface area (Å²) in [5.41, 5.74) is 3.22. The van der Waals surface area contributed by atoms with Crippen molar-refractivity contribution in [2.24, 2.45) is 0 Å². The van der Waals surface area contributed by atoms with Crippen LogP contribution in [0.4, 0.5) is 5.69 Å². The lowest BCUT2D eigenvalue weighted by atomic mass is 10.1. The summed E-state index contributed by atoms with van der Waals surface area (Å²) in [4.78, 5) is 24.3. The van der Waals surface area contributed by atoms with Crippen LogP contribution in [0.2, 0.25) is 0 Å². The molecule has 1 N–H and O–H groups in total. The molecular weight excluding hydrogens is 460 g/mol. The smallest absolute Gasteiger partial charge is 0.276 e. The van der Waals surface area contributed by atoms with Crippen LogP contribution in [0.5, 0.6) is 11.5 Å². The van der Waals surface area contributed by atoms with Gasteiger partial charge in [0.05, 0.1) is 37.3 Å². The average molecular weight is 487 g/mol. The SMILES string of the molecule is COc1cc(CCNC(=O)c2cn(Cc3ccccc3)nc2-c2ccccc2)c([N+](=O)[O-])cc1OC. The predicted octanol–water partition coefficient (Wildman–Crippen LogP) is 4.50. The zero-order chi connectivity index (χ0) is 25.5. The van der Waals surface area contributed by atoms with Crippen molar-refractivity contribution in [3.8, 4) is 22.8 Å². The van der Waals surface area contributed by atoms with E-state index in [1.165, 1.54) is 20.3 Å². The molecule has 3 aromatic carbocycles. The van der Waals surface area contributed by atoms with Crippen LogP contribution in [0.1, 0.15) is 21.5 Å². The number of hydrogen-bond acceptors (Lipinski definition) is 6. The van der Waals surface area contributed by atoms with Crippen molar-refractivity contribution in [3.05, 3.63) is 106 Å². The summed E-state index contributed by atoms with van der Waals surface area (Å²) in [5.74, 6) is 0.351. The number of ether oxygens (including phenoxy) is 2. The monoisotopic (exact) mass is 486 g/mol. The fourth-order valence-electron chi connectivity index (χ4n) is 3.93. The Morgan fingerprint density at radius 2 is 1.64 bits per heavy atom. The lowest BCUT2D eigenvalue weighted by Gasteiger charge is -2.11. The highest BCUT2D eigenvalue weighted by molar-refractivity contribution is 5.99. The molecule has 4 rings (SSSR count). The Morgan fingerprint density at radius 1 is 1.00 bits per heavy atom. The molecule has 0 saturated heterocycles. The fourth-order valence-corrected chi connectivity index (χ4v) is 3.93. The van der Waals surface area contributed by atoms with E-state index < -0.39 is 4.92 Å². The molecule has 0 bridgehead atoms. The molecule has 0 unspecified atom stereocenters. The molecule has 0 aliphatic heterocycles. The lowest BCUT2D eigenvalue weighted by molar-refractivity contribution is -0.385. The number of amides is 1. The van der Waals surface area contributed by atoms with E-state index in [1.54, 1.807) is 16.9 Å². The fraction of sp³-hybridized carbons (Fsp3) is 0.185. The standard InChI is InChI=1S/C27H26N4O5/c1-35-24-15-21(23(31(33)34)16-25(24)36-2)13-14-28-27(32)22-18-30(17-19-9-5-3-6-10-19)29-26(22)20-11-7-4-8-12-20/h3-12,15-16,18H,13-14,17H2,1-2H3,(H,28,32). The van der Waals surface area contributed by atoms with Crippen LogP contribution in [0.15, 0.2) is 79.0 Å². The largest absolute Gasteiger partial charge is 0.493 e. The molecule has 184 valence electrons. The average Bonchev–Trinajstić information content (AvgIpc) is 3.33. The quantitative estimate of drug-likeness (QED) is 0.261. The third kappa shape index (κ3) is 5.52. The summed E-state index contributed by atoms with van der Waals surface area (Å²) < 4.78 is 12.2. The van der Waals surface area contributed by atoms with Gasteiger partial charge < -0.3 is 14.8 Å². The number of aromatic nitrogens is 2.